The molecule has 1 aromatic heterocycles. The van der Waals surface area contributed by atoms with E-state index in [4.69, 9.17) is 5.73 Å². The minimum Gasteiger partial charge on any atom is -0.366 e. The Bertz CT molecular complexity index is 444. The lowest BCUT2D eigenvalue weighted by atomic mass is 10.0. The molecule has 2 atom stereocenters. The van der Waals surface area contributed by atoms with E-state index in [1.165, 1.54) is 19.3 Å². The van der Waals surface area contributed by atoms with Crippen molar-refractivity contribution in [1.82, 2.24) is 9.88 Å². The highest BCUT2D eigenvalue weighted by Gasteiger charge is 2.20. The van der Waals surface area contributed by atoms with E-state index in [-0.39, 0.29) is 18.0 Å². The molecule has 2 rings (SSSR count). The van der Waals surface area contributed by atoms with Crippen molar-refractivity contribution in [2.45, 2.75) is 44.2 Å². The SMILES string of the molecule is CN(C)C(=O)c1ccc(NC2CCCCCC2N)nc1. The van der Waals surface area contributed by atoms with E-state index in [1.807, 2.05) is 6.07 Å². The summed E-state index contributed by atoms with van der Waals surface area (Å²) in [5, 5.41) is 3.40. The van der Waals surface area contributed by atoms with Crippen LogP contribution in [0.1, 0.15) is 42.5 Å². The van der Waals surface area contributed by atoms with Crippen LogP contribution in [0.25, 0.3) is 0 Å². The molecule has 0 radical (unpaired) electrons. The van der Waals surface area contributed by atoms with Crippen molar-refractivity contribution >= 4 is 11.7 Å². The van der Waals surface area contributed by atoms with Gasteiger partial charge in [0, 0.05) is 32.4 Å². The molecule has 0 saturated heterocycles. The van der Waals surface area contributed by atoms with Gasteiger partial charge in [0.2, 0.25) is 0 Å². The number of pyridine rings is 1. The molecule has 1 fully saturated rings. The number of hydrogen-bond acceptors (Lipinski definition) is 4. The van der Waals surface area contributed by atoms with Crippen LogP contribution in [0.5, 0.6) is 0 Å². The molecule has 5 heteroatoms. The van der Waals surface area contributed by atoms with Gasteiger partial charge in [-0.05, 0) is 25.0 Å². The third-order valence-electron chi connectivity index (χ3n) is 3.82. The Morgan fingerprint density at radius 1 is 1.30 bits per heavy atom. The maximum atomic E-state index is 11.8. The largest absolute Gasteiger partial charge is 0.366 e. The third-order valence-corrected chi connectivity index (χ3v) is 3.82. The number of carbonyl (C=O) groups excluding carboxylic acids is 1. The highest BCUT2D eigenvalue weighted by Crippen LogP contribution is 2.20. The summed E-state index contributed by atoms with van der Waals surface area (Å²) in [6.45, 7) is 0. The predicted molar refractivity (Wildman–Crippen MR) is 80.7 cm³/mol. The minimum atomic E-state index is -0.0322. The van der Waals surface area contributed by atoms with Crippen molar-refractivity contribution in [3.8, 4) is 0 Å². The summed E-state index contributed by atoms with van der Waals surface area (Å²) >= 11 is 0. The van der Waals surface area contributed by atoms with Crippen LogP contribution in [0.2, 0.25) is 0 Å². The molecule has 110 valence electrons. The molecule has 1 amide bonds. The van der Waals surface area contributed by atoms with Gasteiger partial charge < -0.3 is 16.0 Å². The van der Waals surface area contributed by atoms with E-state index in [0.29, 0.717) is 5.56 Å². The van der Waals surface area contributed by atoms with Gasteiger partial charge >= 0.3 is 0 Å². The highest BCUT2D eigenvalue weighted by molar-refractivity contribution is 5.93. The van der Waals surface area contributed by atoms with E-state index < -0.39 is 0 Å². The van der Waals surface area contributed by atoms with E-state index in [9.17, 15) is 4.79 Å². The van der Waals surface area contributed by atoms with E-state index >= 15 is 0 Å². The molecular formula is C15H24N4O. The number of nitrogens with one attached hydrogen (secondary N) is 1. The number of hydrogen-bond donors (Lipinski definition) is 2. The first kappa shape index (κ1) is 14.8. The molecule has 1 aliphatic carbocycles. The summed E-state index contributed by atoms with van der Waals surface area (Å²) in [7, 11) is 3.47. The second kappa shape index (κ2) is 6.70. The Hall–Kier alpha value is -1.62. The topological polar surface area (TPSA) is 71.2 Å². The summed E-state index contributed by atoms with van der Waals surface area (Å²) in [5.74, 6) is 0.762. The van der Waals surface area contributed by atoms with Crippen LogP contribution in [0.3, 0.4) is 0 Å². The first-order valence-corrected chi connectivity index (χ1v) is 7.28. The molecule has 5 nitrogen and oxygen atoms in total. The summed E-state index contributed by atoms with van der Waals surface area (Å²) in [6.07, 6.45) is 7.45. The molecule has 0 spiro atoms. The monoisotopic (exact) mass is 276 g/mol. The zero-order chi connectivity index (χ0) is 14.5. The molecule has 1 aromatic rings. The first-order valence-electron chi connectivity index (χ1n) is 7.28. The fourth-order valence-electron chi connectivity index (χ4n) is 2.57. The lowest BCUT2D eigenvalue weighted by molar-refractivity contribution is 0.0827. The third kappa shape index (κ3) is 3.70. The van der Waals surface area contributed by atoms with Gasteiger partial charge in [0.1, 0.15) is 5.82 Å². The Labute approximate surface area is 120 Å². The zero-order valence-corrected chi connectivity index (χ0v) is 12.3. The average molecular weight is 276 g/mol. The molecule has 0 aliphatic heterocycles. The number of nitrogens with zero attached hydrogens (tertiary/aromatic N) is 2. The van der Waals surface area contributed by atoms with Crippen LogP contribution in [-0.4, -0.2) is 42.0 Å². The predicted octanol–water partition coefficient (Wildman–Crippen LogP) is 1.86. The number of nitrogens with two attached hydrogens (primary N) is 1. The van der Waals surface area contributed by atoms with Gasteiger partial charge in [-0.25, -0.2) is 4.98 Å². The summed E-state index contributed by atoms with van der Waals surface area (Å²) in [6, 6.07) is 4.12. The van der Waals surface area contributed by atoms with E-state index in [2.05, 4.69) is 10.3 Å². The smallest absolute Gasteiger partial charge is 0.254 e. The minimum absolute atomic E-state index is 0.0322. The molecule has 3 N–H and O–H groups in total. The maximum absolute atomic E-state index is 11.8. The zero-order valence-electron chi connectivity index (χ0n) is 12.3. The Balaban J connectivity index is 2.01. The van der Waals surface area contributed by atoms with Crippen molar-refractivity contribution < 1.29 is 4.79 Å². The molecule has 1 heterocycles. The summed E-state index contributed by atoms with van der Waals surface area (Å²) in [5.41, 5.74) is 6.80. The summed E-state index contributed by atoms with van der Waals surface area (Å²) < 4.78 is 0. The number of carbonyl (C=O) groups is 1. The summed E-state index contributed by atoms with van der Waals surface area (Å²) in [4.78, 5) is 17.7. The molecule has 20 heavy (non-hydrogen) atoms. The van der Waals surface area contributed by atoms with Gasteiger partial charge in [0.25, 0.3) is 5.91 Å². The maximum Gasteiger partial charge on any atom is 0.254 e. The normalized spacial score (nSPS) is 22.9. The van der Waals surface area contributed by atoms with Crippen LogP contribution in [-0.2, 0) is 0 Å². The quantitative estimate of drug-likeness (QED) is 0.827. The fourth-order valence-corrected chi connectivity index (χ4v) is 2.57. The first-order chi connectivity index (χ1) is 9.58. The lowest BCUT2D eigenvalue weighted by Gasteiger charge is -2.23. The molecule has 2 unspecified atom stereocenters. The van der Waals surface area contributed by atoms with Crippen LogP contribution in [0.4, 0.5) is 5.82 Å². The average Bonchev–Trinajstić information content (AvgIpc) is 2.64. The van der Waals surface area contributed by atoms with Crippen LogP contribution in [0.15, 0.2) is 18.3 Å². The van der Waals surface area contributed by atoms with Crippen molar-refractivity contribution in [1.29, 1.82) is 0 Å². The van der Waals surface area contributed by atoms with E-state index in [0.717, 1.165) is 18.7 Å². The van der Waals surface area contributed by atoms with Gasteiger partial charge in [-0.1, -0.05) is 19.3 Å². The lowest BCUT2D eigenvalue weighted by Crippen LogP contribution is -2.39. The molecule has 0 bridgehead atoms. The van der Waals surface area contributed by atoms with Crippen molar-refractivity contribution in [3.63, 3.8) is 0 Å². The van der Waals surface area contributed by atoms with Gasteiger partial charge in [-0.15, -0.1) is 0 Å². The number of amides is 1. The fraction of sp³-hybridized carbons (Fsp3) is 0.600. The van der Waals surface area contributed by atoms with Crippen molar-refractivity contribution in [2.75, 3.05) is 19.4 Å². The number of anilines is 1. The number of aromatic nitrogens is 1. The van der Waals surface area contributed by atoms with Crippen molar-refractivity contribution in [3.05, 3.63) is 23.9 Å². The molecular weight excluding hydrogens is 252 g/mol. The Morgan fingerprint density at radius 2 is 2.05 bits per heavy atom. The van der Waals surface area contributed by atoms with Gasteiger partial charge in [0.05, 0.1) is 5.56 Å². The Kier molecular flexibility index (Phi) is 4.95. The molecule has 1 aliphatic rings. The van der Waals surface area contributed by atoms with Gasteiger partial charge in [-0.2, -0.15) is 0 Å². The van der Waals surface area contributed by atoms with Crippen molar-refractivity contribution in [2.24, 2.45) is 5.73 Å². The standard InChI is InChI=1S/C15H24N4O/c1-19(2)15(20)11-8-9-14(17-10-11)18-13-7-5-3-4-6-12(13)16/h8-10,12-13H,3-7,16H2,1-2H3,(H,17,18). The molecule has 1 saturated carbocycles. The van der Waals surface area contributed by atoms with Crippen LogP contribution in [0, 0.1) is 0 Å². The van der Waals surface area contributed by atoms with Gasteiger partial charge in [-0.3, -0.25) is 4.79 Å². The van der Waals surface area contributed by atoms with Crippen LogP contribution >= 0.6 is 0 Å². The highest BCUT2D eigenvalue weighted by atomic mass is 16.2. The number of rotatable bonds is 3. The van der Waals surface area contributed by atoms with Crippen LogP contribution < -0.4 is 11.1 Å². The molecule has 0 aromatic carbocycles. The van der Waals surface area contributed by atoms with E-state index in [1.54, 1.807) is 31.3 Å². The van der Waals surface area contributed by atoms with Gasteiger partial charge in [0.15, 0.2) is 0 Å². The second-order valence-electron chi connectivity index (χ2n) is 5.68. The second-order valence-corrected chi connectivity index (χ2v) is 5.68. The Morgan fingerprint density at radius 3 is 2.70 bits per heavy atom.